The second-order valence-electron chi connectivity index (χ2n) is 5.01. The van der Waals surface area contributed by atoms with Gasteiger partial charge in [0.2, 0.25) is 0 Å². The predicted molar refractivity (Wildman–Crippen MR) is 77.4 cm³/mol. The first-order valence-corrected chi connectivity index (χ1v) is 6.89. The Morgan fingerprint density at radius 2 is 2.20 bits per heavy atom. The molecule has 1 saturated heterocycles. The average molecular weight is 272 g/mol. The zero-order valence-electron chi connectivity index (χ0n) is 11.8. The summed E-state index contributed by atoms with van der Waals surface area (Å²) >= 11 is 0. The number of likely N-dealkylation sites (N-methyl/N-ethyl adjacent to an activating group) is 1. The van der Waals surface area contributed by atoms with Crippen LogP contribution in [-0.2, 0) is 0 Å². The maximum Gasteiger partial charge on any atom is 0.253 e. The Labute approximate surface area is 119 Å². The number of hydrogen-bond donors (Lipinski definition) is 1. The fraction of sp³-hybridized carbons (Fsp3) is 0.467. The Kier molecular flexibility index (Phi) is 5.10. The molecule has 0 aromatic heterocycles. The van der Waals surface area contributed by atoms with E-state index in [4.69, 9.17) is 5.26 Å². The van der Waals surface area contributed by atoms with Crippen LogP contribution in [0.15, 0.2) is 24.3 Å². The molecule has 1 aliphatic rings. The van der Waals surface area contributed by atoms with Crippen molar-refractivity contribution in [3.05, 3.63) is 35.4 Å². The van der Waals surface area contributed by atoms with Crippen LogP contribution < -0.4 is 5.32 Å². The summed E-state index contributed by atoms with van der Waals surface area (Å²) < 4.78 is 0. The van der Waals surface area contributed by atoms with Gasteiger partial charge in [0, 0.05) is 51.9 Å². The predicted octanol–water partition coefficient (Wildman–Crippen LogP) is 0.535. The number of piperazine rings is 1. The van der Waals surface area contributed by atoms with Gasteiger partial charge in [-0.15, -0.1) is 0 Å². The summed E-state index contributed by atoms with van der Waals surface area (Å²) in [6.45, 7) is 5.69. The summed E-state index contributed by atoms with van der Waals surface area (Å²) in [6.07, 6.45) is 0. The molecule has 0 saturated carbocycles. The van der Waals surface area contributed by atoms with Gasteiger partial charge in [-0.25, -0.2) is 0 Å². The van der Waals surface area contributed by atoms with E-state index >= 15 is 0 Å². The van der Waals surface area contributed by atoms with Gasteiger partial charge >= 0.3 is 0 Å². The molecule has 1 aromatic carbocycles. The van der Waals surface area contributed by atoms with E-state index in [2.05, 4.69) is 16.3 Å². The molecular formula is C15H20N4O. The Morgan fingerprint density at radius 3 is 2.90 bits per heavy atom. The first-order chi connectivity index (χ1) is 9.70. The van der Waals surface area contributed by atoms with Crippen molar-refractivity contribution in [1.29, 1.82) is 5.26 Å². The Morgan fingerprint density at radius 1 is 1.45 bits per heavy atom. The highest BCUT2D eigenvalue weighted by Gasteiger charge is 2.14. The first kappa shape index (κ1) is 14.5. The van der Waals surface area contributed by atoms with Crippen LogP contribution in [0.1, 0.15) is 15.9 Å². The van der Waals surface area contributed by atoms with Crippen LogP contribution in [0, 0.1) is 11.3 Å². The molecule has 0 unspecified atom stereocenters. The number of hydrogen-bond acceptors (Lipinski definition) is 4. The van der Waals surface area contributed by atoms with E-state index in [1.54, 1.807) is 29.2 Å². The molecule has 0 aliphatic carbocycles. The lowest BCUT2D eigenvalue weighted by Crippen LogP contribution is -2.46. The molecule has 5 nitrogen and oxygen atoms in total. The Balaban J connectivity index is 1.89. The molecular weight excluding hydrogens is 252 g/mol. The molecule has 0 bridgehead atoms. The van der Waals surface area contributed by atoms with Gasteiger partial charge in [-0.1, -0.05) is 6.07 Å². The minimum absolute atomic E-state index is 0.0303. The highest BCUT2D eigenvalue weighted by atomic mass is 16.2. The van der Waals surface area contributed by atoms with E-state index in [-0.39, 0.29) is 5.91 Å². The smallest absolute Gasteiger partial charge is 0.253 e. The van der Waals surface area contributed by atoms with Gasteiger partial charge < -0.3 is 10.2 Å². The molecule has 1 N–H and O–H groups in total. The lowest BCUT2D eigenvalue weighted by molar-refractivity contribution is 0.0775. The number of carbonyl (C=O) groups is 1. The zero-order chi connectivity index (χ0) is 14.4. The van der Waals surface area contributed by atoms with Crippen LogP contribution in [0.25, 0.3) is 0 Å². The fourth-order valence-corrected chi connectivity index (χ4v) is 2.27. The Bertz CT molecular complexity index is 503. The van der Waals surface area contributed by atoms with E-state index in [0.29, 0.717) is 17.7 Å². The van der Waals surface area contributed by atoms with Crippen LogP contribution in [0.3, 0.4) is 0 Å². The lowest BCUT2D eigenvalue weighted by atomic mass is 10.1. The van der Waals surface area contributed by atoms with Gasteiger partial charge in [-0.3, -0.25) is 9.69 Å². The topological polar surface area (TPSA) is 59.4 Å². The van der Waals surface area contributed by atoms with E-state index in [0.717, 1.165) is 32.7 Å². The number of carbonyl (C=O) groups excluding carboxylic acids is 1. The van der Waals surface area contributed by atoms with E-state index < -0.39 is 0 Å². The van der Waals surface area contributed by atoms with Crippen molar-refractivity contribution in [2.24, 2.45) is 0 Å². The second-order valence-corrected chi connectivity index (χ2v) is 5.01. The van der Waals surface area contributed by atoms with Gasteiger partial charge in [0.15, 0.2) is 0 Å². The standard InChI is InChI=1S/C15H20N4O/c1-18(9-10-19-7-5-17-6-8-19)15(20)14-4-2-3-13(11-14)12-16/h2-4,11,17H,5-10H2,1H3. The summed E-state index contributed by atoms with van der Waals surface area (Å²) in [5.74, 6) is -0.0303. The van der Waals surface area contributed by atoms with Gasteiger partial charge in [-0.05, 0) is 18.2 Å². The van der Waals surface area contributed by atoms with Gasteiger partial charge in [-0.2, -0.15) is 5.26 Å². The molecule has 5 heteroatoms. The molecule has 1 aliphatic heterocycles. The third-order valence-corrected chi connectivity index (χ3v) is 3.55. The summed E-state index contributed by atoms with van der Waals surface area (Å²) in [5.41, 5.74) is 1.10. The molecule has 20 heavy (non-hydrogen) atoms. The fourth-order valence-electron chi connectivity index (χ4n) is 2.27. The Hall–Kier alpha value is -1.90. The quantitative estimate of drug-likeness (QED) is 0.869. The van der Waals surface area contributed by atoms with Crippen LogP contribution in [0.5, 0.6) is 0 Å². The van der Waals surface area contributed by atoms with Crippen molar-refractivity contribution < 1.29 is 4.79 Å². The molecule has 2 rings (SSSR count). The normalized spacial score (nSPS) is 15.6. The highest BCUT2D eigenvalue weighted by molar-refractivity contribution is 5.94. The number of nitrogens with one attached hydrogen (secondary N) is 1. The third-order valence-electron chi connectivity index (χ3n) is 3.55. The van der Waals surface area contributed by atoms with E-state index in [9.17, 15) is 4.79 Å². The lowest BCUT2D eigenvalue weighted by Gasteiger charge is -2.29. The SMILES string of the molecule is CN(CCN1CCNCC1)C(=O)c1cccc(C#N)c1. The summed E-state index contributed by atoms with van der Waals surface area (Å²) in [4.78, 5) is 16.3. The van der Waals surface area contributed by atoms with Crippen molar-refractivity contribution in [1.82, 2.24) is 15.1 Å². The monoisotopic (exact) mass is 272 g/mol. The number of amides is 1. The van der Waals surface area contributed by atoms with Crippen molar-refractivity contribution in [2.75, 3.05) is 46.3 Å². The van der Waals surface area contributed by atoms with Crippen molar-refractivity contribution >= 4 is 5.91 Å². The molecule has 1 amide bonds. The van der Waals surface area contributed by atoms with Crippen LogP contribution in [0.4, 0.5) is 0 Å². The van der Waals surface area contributed by atoms with Gasteiger partial charge in [0.05, 0.1) is 11.6 Å². The van der Waals surface area contributed by atoms with Crippen molar-refractivity contribution in [3.63, 3.8) is 0 Å². The minimum atomic E-state index is -0.0303. The number of nitrogens with zero attached hydrogens (tertiary/aromatic N) is 3. The highest BCUT2D eigenvalue weighted by Crippen LogP contribution is 2.07. The molecule has 106 valence electrons. The number of nitriles is 1. The van der Waals surface area contributed by atoms with Crippen molar-refractivity contribution in [2.45, 2.75) is 0 Å². The largest absolute Gasteiger partial charge is 0.340 e. The number of rotatable bonds is 4. The molecule has 1 heterocycles. The van der Waals surface area contributed by atoms with Crippen LogP contribution >= 0.6 is 0 Å². The molecule has 0 radical (unpaired) electrons. The van der Waals surface area contributed by atoms with Crippen molar-refractivity contribution in [3.8, 4) is 6.07 Å². The minimum Gasteiger partial charge on any atom is -0.340 e. The summed E-state index contributed by atoms with van der Waals surface area (Å²) in [5, 5.41) is 12.2. The van der Waals surface area contributed by atoms with E-state index in [1.807, 2.05) is 7.05 Å². The molecule has 1 aromatic rings. The third kappa shape index (κ3) is 3.80. The first-order valence-electron chi connectivity index (χ1n) is 6.89. The summed E-state index contributed by atoms with van der Waals surface area (Å²) in [6, 6.07) is 8.91. The number of benzene rings is 1. The molecule has 1 fully saturated rings. The second kappa shape index (κ2) is 7.04. The summed E-state index contributed by atoms with van der Waals surface area (Å²) in [7, 11) is 1.81. The van der Waals surface area contributed by atoms with Gasteiger partial charge in [0.1, 0.15) is 0 Å². The zero-order valence-corrected chi connectivity index (χ0v) is 11.8. The molecule has 0 atom stereocenters. The van der Waals surface area contributed by atoms with Crippen LogP contribution in [-0.4, -0.2) is 62.0 Å². The average Bonchev–Trinajstić information content (AvgIpc) is 2.53. The maximum atomic E-state index is 12.3. The van der Waals surface area contributed by atoms with Crippen LogP contribution in [0.2, 0.25) is 0 Å². The van der Waals surface area contributed by atoms with E-state index in [1.165, 1.54) is 0 Å². The molecule has 0 spiro atoms. The van der Waals surface area contributed by atoms with Gasteiger partial charge in [0.25, 0.3) is 5.91 Å². The maximum absolute atomic E-state index is 12.3.